The molecule has 0 aromatic carbocycles. The zero-order valence-electron chi connectivity index (χ0n) is 3.92. The van der Waals surface area contributed by atoms with Crippen molar-refractivity contribution in [2.75, 3.05) is 19.6 Å². The molecule has 1 amide bonds. The summed E-state index contributed by atoms with van der Waals surface area (Å²) in [6.45, 7) is 2.71. The van der Waals surface area contributed by atoms with Crippen molar-refractivity contribution >= 4 is 5.91 Å². The zero-order chi connectivity index (χ0) is 4.85. The van der Waals surface area contributed by atoms with Crippen LogP contribution in [0.2, 0.25) is 0 Å². The molecule has 3 nitrogen and oxygen atoms in total. The van der Waals surface area contributed by atoms with Crippen LogP contribution in [0.15, 0.2) is 0 Å². The first-order valence-electron chi connectivity index (χ1n) is 2.43. The second-order valence-corrected chi connectivity index (χ2v) is 1.91. The van der Waals surface area contributed by atoms with Crippen LogP contribution < -0.4 is 0 Å². The van der Waals surface area contributed by atoms with Gasteiger partial charge in [0.25, 0.3) is 5.91 Å². The Morgan fingerprint density at radius 3 is 2.29 bits per heavy atom. The van der Waals surface area contributed by atoms with Crippen molar-refractivity contribution in [3.05, 3.63) is 0 Å². The van der Waals surface area contributed by atoms with Gasteiger partial charge in [-0.1, -0.05) is 0 Å². The summed E-state index contributed by atoms with van der Waals surface area (Å²) in [6.07, 6.45) is 0. The Hall–Kier alpha value is -0.570. The third-order valence-electron chi connectivity index (χ3n) is 1.52. The van der Waals surface area contributed by atoms with E-state index in [1.165, 1.54) is 0 Å². The van der Waals surface area contributed by atoms with E-state index in [4.69, 9.17) is 0 Å². The predicted octanol–water partition coefficient (Wildman–Crippen LogP) is -0.941. The van der Waals surface area contributed by atoms with Gasteiger partial charge in [-0.2, -0.15) is 0 Å². The highest BCUT2D eigenvalue weighted by Crippen LogP contribution is 2.18. The molecule has 0 radical (unpaired) electrons. The fourth-order valence-electron chi connectivity index (χ4n) is 0.948. The average molecular weight is 98.1 g/mol. The number of fused-ring (bicyclic) bond motifs is 1. The quantitative estimate of drug-likeness (QED) is 0.390. The highest BCUT2D eigenvalue weighted by atomic mass is 16.2. The molecule has 0 saturated carbocycles. The first-order chi connectivity index (χ1) is 3.38. The maximum absolute atomic E-state index is 10.4. The van der Waals surface area contributed by atoms with E-state index in [1.54, 1.807) is 5.01 Å². The second-order valence-electron chi connectivity index (χ2n) is 1.91. The molecule has 0 atom stereocenters. The monoisotopic (exact) mass is 98.0 g/mol. The molecule has 2 saturated heterocycles. The lowest BCUT2D eigenvalue weighted by Crippen LogP contribution is -2.71. The van der Waals surface area contributed by atoms with Gasteiger partial charge in [0.05, 0.1) is 13.1 Å². The van der Waals surface area contributed by atoms with Gasteiger partial charge in [-0.05, 0) is 0 Å². The molecule has 3 heteroatoms. The van der Waals surface area contributed by atoms with Crippen LogP contribution in [0.1, 0.15) is 0 Å². The molecule has 38 valence electrons. The maximum Gasteiger partial charge on any atom is 0.253 e. The van der Waals surface area contributed by atoms with Gasteiger partial charge < -0.3 is 0 Å². The molecule has 2 aliphatic rings. The number of rotatable bonds is 0. The fraction of sp³-hybridized carbons (Fsp3) is 0.750. The Kier molecular flexibility index (Phi) is 0.400. The number of carbonyl (C=O) groups is 1. The standard InChI is InChI=1S/C4H6N2O/c7-4-3-5-1-2-6(4)5/h1-3H2. The lowest BCUT2D eigenvalue weighted by molar-refractivity contribution is -0.205. The number of hydrazine groups is 1. The molecule has 0 aromatic heterocycles. The summed E-state index contributed by atoms with van der Waals surface area (Å²) in [5.41, 5.74) is 0. The van der Waals surface area contributed by atoms with Crippen LogP contribution in [-0.2, 0) is 4.79 Å². The van der Waals surface area contributed by atoms with E-state index >= 15 is 0 Å². The van der Waals surface area contributed by atoms with E-state index in [0.717, 1.165) is 13.1 Å². The van der Waals surface area contributed by atoms with Crippen LogP contribution >= 0.6 is 0 Å². The van der Waals surface area contributed by atoms with Gasteiger partial charge in [-0.25, -0.2) is 5.01 Å². The first-order valence-corrected chi connectivity index (χ1v) is 2.43. The molecule has 0 aromatic rings. The molecule has 2 heterocycles. The SMILES string of the molecule is O=C1CN2CCN12. The fourth-order valence-corrected chi connectivity index (χ4v) is 0.948. The second kappa shape index (κ2) is 0.816. The molecule has 0 bridgehead atoms. The molecule has 7 heavy (non-hydrogen) atoms. The van der Waals surface area contributed by atoms with Crippen molar-refractivity contribution in [1.29, 1.82) is 0 Å². The molecule has 0 aliphatic carbocycles. The average Bonchev–Trinajstić information content (AvgIpc) is 1.59. The van der Waals surface area contributed by atoms with E-state index in [1.807, 2.05) is 5.01 Å². The van der Waals surface area contributed by atoms with Gasteiger partial charge in [0.2, 0.25) is 0 Å². The van der Waals surface area contributed by atoms with Gasteiger partial charge in [-0.15, -0.1) is 0 Å². The number of nitrogens with zero attached hydrogens (tertiary/aromatic N) is 2. The van der Waals surface area contributed by atoms with Crippen LogP contribution in [0, 0.1) is 0 Å². The van der Waals surface area contributed by atoms with Gasteiger partial charge in [0.1, 0.15) is 0 Å². The Labute approximate surface area is 41.5 Å². The summed E-state index contributed by atoms with van der Waals surface area (Å²) < 4.78 is 0. The summed E-state index contributed by atoms with van der Waals surface area (Å²) in [6, 6.07) is 0. The first kappa shape index (κ1) is 3.43. The van der Waals surface area contributed by atoms with Crippen LogP contribution in [0.3, 0.4) is 0 Å². The molecule has 2 aliphatic heterocycles. The highest BCUT2D eigenvalue weighted by Gasteiger charge is 2.40. The maximum atomic E-state index is 10.4. The zero-order valence-corrected chi connectivity index (χ0v) is 3.92. The van der Waals surface area contributed by atoms with Crippen LogP contribution in [-0.4, -0.2) is 35.6 Å². The predicted molar refractivity (Wildman–Crippen MR) is 23.3 cm³/mol. The Bertz CT molecular complexity index is 123. The van der Waals surface area contributed by atoms with Crippen molar-refractivity contribution in [3.63, 3.8) is 0 Å². The molecule has 0 spiro atoms. The number of carbonyl (C=O) groups excluding carboxylic acids is 1. The third-order valence-corrected chi connectivity index (χ3v) is 1.52. The summed E-state index contributed by atoms with van der Waals surface area (Å²) in [5.74, 6) is 0.284. The van der Waals surface area contributed by atoms with E-state index in [9.17, 15) is 4.79 Å². The minimum atomic E-state index is 0.284. The van der Waals surface area contributed by atoms with Crippen molar-refractivity contribution in [1.82, 2.24) is 10.0 Å². The highest BCUT2D eigenvalue weighted by molar-refractivity contribution is 5.83. The number of hydrogen-bond acceptors (Lipinski definition) is 2. The summed E-state index contributed by atoms with van der Waals surface area (Å²) in [7, 11) is 0. The third kappa shape index (κ3) is 0.237. The minimum Gasteiger partial charge on any atom is -0.272 e. The van der Waals surface area contributed by atoms with Gasteiger partial charge >= 0.3 is 0 Å². The molecule has 0 N–H and O–H groups in total. The molecular weight excluding hydrogens is 92.1 g/mol. The minimum absolute atomic E-state index is 0.284. The van der Waals surface area contributed by atoms with Gasteiger partial charge in [0, 0.05) is 6.54 Å². The Balaban J connectivity index is 2.11. The molecule has 2 fully saturated rings. The lowest BCUT2D eigenvalue weighted by atomic mass is 10.3. The summed E-state index contributed by atoms with van der Waals surface area (Å²) >= 11 is 0. The topological polar surface area (TPSA) is 23.6 Å². The smallest absolute Gasteiger partial charge is 0.253 e. The van der Waals surface area contributed by atoms with E-state index < -0.39 is 0 Å². The normalized spacial score (nSPS) is 28.6. The van der Waals surface area contributed by atoms with Crippen LogP contribution in [0.4, 0.5) is 0 Å². The summed E-state index contributed by atoms with van der Waals surface area (Å²) in [4.78, 5) is 10.4. The van der Waals surface area contributed by atoms with Crippen molar-refractivity contribution in [3.8, 4) is 0 Å². The number of piperazine rings is 1. The van der Waals surface area contributed by atoms with Gasteiger partial charge in [0.15, 0.2) is 0 Å². The van der Waals surface area contributed by atoms with Crippen LogP contribution in [0.25, 0.3) is 0 Å². The van der Waals surface area contributed by atoms with Gasteiger partial charge in [-0.3, -0.25) is 9.80 Å². The van der Waals surface area contributed by atoms with E-state index in [2.05, 4.69) is 0 Å². The number of amides is 1. The lowest BCUT2D eigenvalue weighted by Gasteiger charge is -2.51. The van der Waals surface area contributed by atoms with Crippen LogP contribution in [0.5, 0.6) is 0 Å². The molecule has 2 rings (SSSR count). The van der Waals surface area contributed by atoms with E-state index in [-0.39, 0.29) is 5.91 Å². The Morgan fingerprint density at radius 2 is 2.29 bits per heavy atom. The summed E-state index contributed by atoms with van der Waals surface area (Å²) in [5, 5.41) is 3.79. The van der Waals surface area contributed by atoms with Crippen molar-refractivity contribution in [2.24, 2.45) is 0 Å². The molecule has 0 unspecified atom stereocenters. The largest absolute Gasteiger partial charge is 0.272 e. The molecular formula is C4H6N2O. The van der Waals surface area contributed by atoms with E-state index in [0.29, 0.717) is 6.54 Å². The van der Waals surface area contributed by atoms with Crippen molar-refractivity contribution in [2.45, 2.75) is 0 Å². The Morgan fingerprint density at radius 1 is 1.43 bits per heavy atom. The van der Waals surface area contributed by atoms with Crippen molar-refractivity contribution < 1.29 is 4.79 Å². The number of hydrogen-bond donors (Lipinski definition) is 0.